The van der Waals surface area contributed by atoms with Crippen molar-refractivity contribution in [3.63, 3.8) is 0 Å². The van der Waals surface area contributed by atoms with Gasteiger partial charge in [-0.1, -0.05) is 136 Å². The first-order chi connectivity index (χ1) is 23.6. The topological polar surface area (TPSA) is 72.8 Å². The van der Waals surface area contributed by atoms with Crippen LogP contribution in [0.2, 0.25) is 0 Å². The molecule has 5 heteroatoms. The van der Waals surface area contributed by atoms with Gasteiger partial charge in [0, 0.05) is 12.8 Å². The molecule has 0 radical (unpaired) electrons. The highest BCUT2D eigenvalue weighted by atomic mass is 16.6. The van der Waals surface area contributed by atoms with Gasteiger partial charge in [-0.25, -0.2) is 0 Å². The first-order valence-corrected chi connectivity index (χ1v) is 18.4. The number of unbranched alkanes of at least 4 members (excludes halogenated alkanes) is 5. The van der Waals surface area contributed by atoms with E-state index >= 15 is 0 Å². The third kappa shape index (κ3) is 35.4. The van der Waals surface area contributed by atoms with Crippen molar-refractivity contribution in [3.05, 3.63) is 109 Å². The lowest BCUT2D eigenvalue weighted by molar-refractivity contribution is -0.161. The summed E-state index contributed by atoms with van der Waals surface area (Å²) in [7, 11) is 0. The molecule has 0 aromatic carbocycles. The second-order valence-electron chi connectivity index (χ2n) is 11.5. The molecular formula is C43H66O5. The number of hydrogen-bond donors (Lipinski definition) is 1. The van der Waals surface area contributed by atoms with E-state index in [4.69, 9.17) is 9.47 Å². The molecule has 0 saturated heterocycles. The van der Waals surface area contributed by atoms with Crippen LogP contribution in [-0.2, 0) is 19.1 Å². The molecule has 0 amide bonds. The number of esters is 2. The molecule has 0 spiro atoms. The van der Waals surface area contributed by atoms with Gasteiger partial charge in [0.1, 0.15) is 6.61 Å². The Morgan fingerprint density at radius 3 is 1.29 bits per heavy atom. The number of hydrogen-bond acceptors (Lipinski definition) is 5. The number of rotatable bonds is 31. The van der Waals surface area contributed by atoms with E-state index in [2.05, 4.69) is 123 Å². The highest BCUT2D eigenvalue weighted by Gasteiger charge is 2.15. The lowest BCUT2D eigenvalue weighted by Gasteiger charge is -2.15. The maximum Gasteiger partial charge on any atom is 0.306 e. The second-order valence-corrected chi connectivity index (χ2v) is 11.5. The van der Waals surface area contributed by atoms with E-state index in [1.807, 2.05) is 0 Å². The third-order valence-electron chi connectivity index (χ3n) is 7.06. The summed E-state index contributed by atoms with van der Waals surface area (Å²) in [6, 6.07) is 0. The molecule has 48 heavy (non-hydrogen) atoms. The first kappa shape index (κ1) is 44.6. The molecule has 0 bridgehead atoms. The maximum atomic E-state index is 12.1. The van der Waals surface area contributed by atoms with Crippen molar-refractivity contribution < 1.29 is 24.2 Å². The Bertz CT molecular complexity index is 1020. The van der Waals surface area contributed by atoms with Crippen LogP contribution in [0.4, 0.5) is 0 Å². The lowest BCUT2D eigenvalue weighted by atomic mass is 10.1. The van der Waals surface area contributed by atoms with Crippen LogP contribution >= 0.6 is 0 Å². The molecule has 0 aromatic heterocycles. The van der Waals surface area contributed by atoms with Crippen LogP contribution in [0.1, 0.15) is 129 Å². The molecule has 0 aliphatic carbocycles. The highest BCUT2D eigenvalue weighted by molar-refractivity contribution is 5.70. The van der Waals surface area contributed by atoms with Crippen LogP contribution in [0.25, 0.3) is 0 Å². The zero-order valence-electron chi connectivity index (χ0n) is 30.2. The Balaban J connectivity index is 3.77. The number of carbonyl (C=O) groups excluding carboxylic acids is 2. The molecule has 0 rings (SSSR count). The zero-order chi connectivity index (χ0) is 35.0. The average molecular weight is 663 g/mol. The fraction of sp³-hybridized carbons (Fsp3) is 0.535. The summed E-state index contributed by atoms with van der Waals surface area (Å²) in [6.45, 7) is 3.81. The molecule has 0 aliphatic rings. The molecule has 0 aliphatic heterocycles. The summed E-state index contributed by atoms with van der Waals surface area (Å²) < 4.78 is 10.5. The van der Waals surface area contributed by atoms with Crippen molar-refractivity contribution in [2.45, 2.75) is 136 Å². The van der Waals surface area contributed by atoms with Gasteiger partial charge in [0.05, 0.1) is 6.61 Å². The van der Waals surface area contributed by atoms with E-state index in [9.17, 15) is 14.7 Å². The molecule has 1 unspecified atom stereocenters. The van der Waals surface area contributed by atoms with Crippen LogP contribution < -0.4 is 0 Å². The first-order valence-electron chi connectivity index (χ1n) is 18.4. The maximum absolute atomic E-state index is 12.1. The van der Waals surface area contributed by atoms with Gasteiger partial charge < -0.3 is 14.6 Å². The summed E-state index contributed by atoms with van der Waals surface area (Å²) in [5.74, 6) is -0.701. The molecule has 0 heterocycles. The van der Waals surface area contributed by atoms with Gasteiger partial charge in [0.25, 0.3) is 0 Å². The van der Waals surface area contributed by atoms with E-state index in [0.29, 0.717) is 19.3 Å². The van der Waals surface area contributed by atoms with E-state index < -0.39 is 6.10 Å². The predicted octanol–water partition coefficient (Wildman–Crippen LogP) is 11.5. The van der Waals surface area contributed by atoms with E-state index in [1.165, 1.54) is 0 Å². The average Bonchev–Trinajstić information content (AvgIpc) is 3.09. The monoisotopic (exact) mass is 662 g/mol. The lowest BCUT2D eigenvalue weighted by Crippen LogP contribution is -2.28. The minimum Gasteiger partial charge on any atom is -0.462 e. The van der Waals surface area contributed by atoms with Crippen molar-refractivity contribution in [2.24, 2.45) is 0 Å². The fourth-order valence-electron chi connectivity index (χ4n) is 4.34. The number of carbonyl (C=O) groups is 2. The van der Waals surface area contributed by atoms with Crippen molar-refractivity contribution in [1.29, 1.82) is 0 Å². The molecule has 0 saturated carbocycles. The number of allylic oxidation sites excluding steroid dienone is 18. The summed E-state index contributed by atoms with van der Waals surface area (Å²) in [5, 5.41) is 9.53. The van der Waals surface area contributed by atoms with Crippen molar-refractivity contribution in [2.75, 3.05) is 13.2 Å². The van der Waals surface area contributed by atoms with Crippen molar-refractivity contribution in [1.82, 2.24) is 0 Å². The second kappa shape index (κ2) is 38.0. The molecule has 1 atom stereocenters. The third-order valence-corrected chi connectivity index (χ3v) is 7.06. The fourth-order valence-corrected chi connectivity index (χ4v) is 4.34. The molecule has 0 fully saturated rings. The normalized spacial score (nSPS) is 13.5. The molecular weight excluding hydrogens is 596 g/mol. The quantitative estimate of drug-likeness (QED) is 0.0454. The highest BCUT2D eigenvalue weighted by Crippen LogP contribution is 2.09. The number of ether oxygens (including phenoxy) is 2. The van der Waals surface area contributed by atoms with Crippen LogP contribution in [-0.4, -0.2) is 36.4 Å². The minimum absolute atomic E-state index is 0.113. The molecule has 0 aromatic rings. The van der Waals surface area contributed by atoms with E-state index in [1.54, 1.807) is 0 Å². The Labute approximate surface area is 293 Å². The summed E-state index contributed by atoms with van der Waals surface area (Å²) in [5.41, 5.74) is 0. The molecule has 268 valence electrons. The zero-order valence-corrected chi connectivity index (χ0v) is 30.2. The van der Waals surface area contributed by atoms with E-state index in [-0.39, 0.29) is 25.2 Å². The summed E-state index contributed by atoms with van der Waals surface area (Å²) >= 11 is 0. The van der Waals surface area contributed by atoms with Gasteiger partial charge in [0.2, 0.25) is 0 Å². The van der Waals surface area contributed by atoms with Gasteiger partial charge in [-0.05, 0) is 89.9 Å². The molecule has 5 nitrogen and oxygen atoms in total. The summed E-state index contributed by atoms with van der Waals surface area (Å²) in [4.78, 5) is 24.2. The van der Waals surface area contributed by atoms with Gasteiger partial charge in [-0.3, -0.25) is 9.59 Å². The van der Waals surface area contributed by atoms with Crippen molar-refractivity contribution >= 4 is 11.9 Å². The summed E-state index contributed by atoms with van der Waals surface area (Å²) in [6.07, 6.45) is 54.3. The van der Waals surface area contributed by atoms with Crippen LogP contribution in [0.15, 0.2) is 109 Å². The van der Waals surface area contributed by atoms with Gasteiger partial charge in [0.15, 0.2) is 6.10 Å². The SMILES string of the molecule is CCC=CCC=CCC=CCC=CCC=CCCCC(=O)OCC(CO)OC(=O)CCCCCCC=CCC=CCC=CCC=CCC. The number of aliphatic hydroxyl groups is 1. The standard InChI is InChI=1S/C43H66O5/c1-3-5-7-9-11-13-15-17-19-21-23-25-27-29-31-33-35-37-42(45)47-40-41(39-44)48-43(46)38-36-34-32-30-28-26-24-22-20-18-16-14-12-10-8-6-4-2/h5-8,11-14,17-20,23-26,29,31,41,44H,3-4,9-10,15-16,21-22,27-28,30,32-40H2,1-2H3. The van der Waals surface area contributed by atoms with Gasteiger partial charge in [-0.2, -0.15) is 0 Å². The van der Waals surface area contributed by atoms with Crippen LogP contribution in [0.5, 0.6) is 0 Å². The number of aliphatic hydroxyl groups excluding tert-OH is 1. The van der Waals surface area contributed by atoms with Gasteiger partial charge in [-0.15, -0.1) is 0 Å². The Kier molecular flexibility index (Phi) is 35.3. The Morgan fingerprint density at radius 2 is 0.854 bits per heavy atom. The minimum atomic E-state index is -0.814. The van der Waals surface area contributed by atoms with Crippen LogP contribution in [0.3, 0.4) is 0 Å². The molecule has 1 N–H and O–H groups in total. The van der Waals surface area contributed by atoms with Gasteiger partial charge >= 0.3 is 11.9 Å². The largest absolute Gasteiger partial charge is 0.462 e. The van der Waals surface area contributed by atoms with E-state index in [0.717, 1.165) is 96.3 Å². The Hall–Kier alpha value is -3.44. The Morgan fingerprint density at radius 1 is 0.479 bits per heavy atom. The van der Waals surface area contributed by atoms with Crippen LogP contribution in [0, 0.1) is 0 Å². The van der Waals surface area contributed by atoms with Crippen molar-refractivity contribution in [3.8, 4) is 0 Å². The smallest absolute Gasteiger partial charge is 0.306 e. The predicted molar refractivity (Wildman–Crippen MR) is 205 cm³/mol.